The van der Waals surface area contributed by atoms with Gasteiger partial charge in [0.05, 0.1) is 38.6 Å². The van der Waals surface area contributed by atoms with Crippen molar-refractivity contribution in [2.75, 3.05) is 26.4 Å². The Hall–Kier alpha value is -3.29. The van der Waals surface area contributed by atoms with Gasteiger partial charge in [-0.15, -0.1) is 0 Å². The summed E-state index contributed by atoms with van der Waals surface area (Å²) in [6.45, 7) is 1.62. The fourth-order valence-corrected chi connectivity index (χ4v) is 12.5. The molecule has 0 bridgehead atoms. The molecule has 3 saturated heterocycles. The summed E-state index contributed by atoms with van der Waals surface area (Å²) in [4.78, 5) is 13.5. The van der Waals surface area contributed by atoms with Crippen LogP contribution in [0.4, 0.5) is 0 Å². The van der Waals surface area contributed by atoms with E-state index in [0.717, 1.165) is 103 Å². The van der Waals surface area contributed by atoms with Crippen molar-refractivity contribution in [3.8, 4) is 0 Å². The number of unbranched alkanes of at least 4 members (excludes halogenated alkanes) is 29. The van der Waals surface area contributed by atoms with Crippen LogP contribution in [0.15, 0.2) is 97.2 Å². The van der Waals surface area contributed by atoms with Crippen LogP contribution in [0.5, 0.6) is 0 Å². The second kappa shape index (κ2) is 59.1. The van der Waals surface area contributed by atoms with Crippen molar-refractivity contribution in [3.05, 3.63) is 97.2 Å². The van der Waals surface area contributed by atoms with E-state index in [-0.39, 0.29) is 18.9 Å². The predicted octanol–water partition coefficient (Wildman–Crippen LogP) is 12.0. The number of aliphatic hydroxyl groups excluding tert-OH is 11. The third-order valence-electron chi connectivity index (χ3n) is 18.6. The van der Waals surface area contributed by atoms with Gasteiger partial charge in [0.15, 0.2) is 18.9 Å². The van der Waals surface area contributed by atoms with Crippen molar-refractivity contribution >= 4 is 5.91 Å². The Bertz CT molecular complexity index is 2150. The first-order chi connectivity index (χ1) is 47.8. The van der Waals surface area contributed by atoms with Crippen molar-refractivity contribution in [2.24, 2.45) is 0 Å². The highest BCUT2D eigenvalue weighted by Crippen LogP contribution is 2.33. The maximum absolute atomic E-state index is 13.5. The fraction of sp³-hybridized carbons (Fsp3) is 0.785. The molecule has 19 nitrogen and oxygen atoms in total. The zero-order chi connectivity index (χ0) is 71.1. The Morgan fingerprint density at radius 3 is 1.10 bits per heavy atom. The molecule has 0 saturated carbocycles. The summed E-state index contributed by atoms with van der Waals surface area (Å²) < 4.78 is 34.4. The van der Waals surface area contributed by atoms with Gasteiger partial charge in [-0.05, 0) is 77.0 Å². The van der Waals surface area contributed by atoms with E-state index in [1.807, 2.05) is 6.08 Å². The summed E-state index contributed by atoms with van der Waals surface area (Å²) >= 11 is 0. The number of nitrogens with one attached hydrogen (secondary N) is 1. The van der Waals surface area contributed by atoms with Gasteiger partial charge < -0.3 is 89.9 Å². The average molecular weight is 1390 g/mol. The molecule has 3 aliphatic rings. The molecule has 3 heterocycles. The normalized spacial score (nSPS) is 27.3. The van der Waals surface area contributed by atoms with Crippen molar-refractivity contribution in [1.29, 1.82) is 0 Å². The van der Waals surface area contributed by atoms with E-state index in [2.05, 4.69) is 104 Å². The van der Waals surface area contributed by atoms with Gasteiger partial charge in [-0.2, -0.15) is 0 Å². The van der Waals surface area contributed by atoms with Gasteiger partial charge in [0.2, 0.25) is 5.91 Å². The molecular weight excluding hydrogens is 1250 g/mol. The van der Waals surface area contributed by atoms with Crippen LogP contribution < -0.4 is 5.32 Å². The van der Waals surface area contributed by atoms with Crippen molar-refractivity contribution < 1.29 is 89.4 Å². The summed E-state index contributed by atoms with van der Waals surface area (Å²) in [5.41, 5.74) is 0. The molecule has 1 amide bonds. The number of allylic oxidation sites excluding steroid dienone is 15. The van der Waals surface area contributed by atoms with E-state index in [0.29, 0.717) is 6.42 Å². The highest BCUT2D eigenvalue weighted by atomic mass is 16.8. The summed E-state index contributed by atoms with van der Waals surface area (Å²) in [5, 5.41) is 121. The molecule has 3 aliphatic heterocycles. The Morgan fingerprint density at radius 2 is 0.704 bits per heavy atom. The second-order valence-electron chi connectivity index (χ2n) is 27.1. The molecule has 0 spiro atoms. The van der Waals surface area contributed by atoms with Crippen LogP contribution in [-0.2, 0) is 33.2 Å². The Kier molecular flexibility index (Phi) is 53.7. The summed E-state index contributed by atoms with van der Waals surface area (Å²) in [7, 11) is 0. The van der Waals surface area contributed by atoms with Crippen LogP contribution >= 0.6 is 0 Å². The van der Waals surface area contributed by atoms with E-state index in [4.69, 9.17) is 28.4 Å². The lowest BCUT2D eigenvalue weighted by Crippen LogP contribution is -2.66. The molecule has 0 radical (unpaired) electrons. The third kappa shape index (κ3) is 39.4. The Balaban J connectivity index is 1.42. The minimum Gasteiger partial charge on any atom is -0.394 e. The second-order valence-corrected chi connectivity index (χ2v) is 27.1. The number of carbonyl (C=O) groups excluding carboxylic acids is 1. The van der Waals surface area contributed by atoms with Gasteiger partial charge in [-0.25, -0.2) is 0 Å². The standard InChI is InChI=1S/C79H137NO18/c1-3-5-7-9-11-13-15-17-19-21-23-25-27-29-31-33-35-37-39-41-43-45-47-49-51-53-55-57-67(85)80-62(63(84)56-54-52-50-48-46-44-42-40-38-36-34-32-30-28-26-24-22-20-18-16-14-12-10-8-6-4-2)61-93-77-73(91)70(88)75(65(59-82)95-77)98-79-74(92)71(89)76(66(60-83)96-79)97-78-72(90)69(87)68(86)64(58-81)94-78/h5,7,11,13,17,19,23,25,29,31,35,37,41,43,54,56,62-66,68-79,81-84,86-92H,3-4,6,8-10,12,14-16,18,20-22,24,26-28,30,32-34,36,38-40,42,44-53,55,57-61H2,1-2H3,(H,80,85)/b7-5-,13-11-,19-17-,25-23-,31-29-,37-35-,43-41-,56-54+. The predicted molar refractivity (Wildman–Crippen MR) is 387 cm³/mol. The van der Waals surface area contributed by atoms with Crippen molar-refractivity contribution in [2.45, 2.75) is 369 Å². The first kappa shape index (κ1) is 88.9. The molecule has 0 aromatic heterocycles. The van der Waals surface area contributed by atoms with E-state index in [1.54, 1.807) is 6.08 Å². The molecule has 0 aromatic rings. The number of hydrogen-bond donors (Lipinski definition) is 12. The number of rotatable bonds is 59. The van der Waals surface area contributed by atoms with Crippen LogP contribution in [0.3, 0.4) is 0 Å². The monoisotopic (exact) mass is 1390 g/mol. The van der Waals surface area contributed by atoms with E-state index < -0.39 is 124 Å². The van der Waals surface area contributed by atoms with Crippen LogP contribution in [0.25, 0.3) is 0 Å². The molecule has 98 heavy (non-hydrogen) atoms. The lowest BCUT2D eigenvalue weighted by molar-refractivity contribution is -0.379. The molecule has 17 unspecified atom stereocenters. The molecule has 3 rings (SSSR count). The van der Waals surface area contributed by atoms with Gasteiger partial charge in [-0.1, -0.05) is 278 Å². The number of ether oxygens (including phenoxy) is 6. The molecule has 19 heteroatoms. The van der Waals surface area contributed by atoms with Gasteiger partial charge in [0, 0.05) is 6.42 Å². The van der Waals surface area contributed by atoms with Crippen LogP contribution in [0.2, 0.25) is 0 Å². The first-order valence-corrected chi connectivity index (χ1v) is 38.5. The number of carbonyl (C=O) groups is 1. The zero-order valence-electron chi connectivity index (χ0n) is 60.2. The van der Waals surface area contributed by atoms with Gasteiger partial charge in [0.1, 0.15) is 73.2 Å². The lowest BCUT2D eigenvalue weighted by Gasteiger charge is -2.48. The summed E-state index contributed by atoms with van der Waals surface area (Å²) in [6.07, 6.45) is 52.3. The fourth-order valence-electron chi connectivity index (χ4n) is 12.5. The Morgan fingerprint density at radius 1 is 0.378 bits per heavy atom. The Labute approximate surface area is 590 Å². The molecule has 17 atom stereocenters. The smallest absolute Gasteiger partial charge is 0.220 e. The summed E-state index contributed by atoms with van der Waals surface area (Å²) in [5.74, 6) is -0.296. The molecule has 566 valence electrons. The van der Waals surface area contributed by atoms with Gasteiger partial charge in [-0.3, -0.25) is 4.79 Å². The number of amides is 1. The van der Waals surface area contributed by atoms with Gasteiger partial charge in [0.25, 0.3) is 0 Å². The minimum atomic E-state index is -1.99. The van der Waals surface area contributed by atoms with Crippen LogP contribution in [0.1, 0.15) is 264 Å². The quantitative estimate of drug-likeness (QED) is 0.0199. The van der Waals surface area contributed by atoms with Crippen LogP contribution in [-0.4, -0.2) is 193 Å². The lowest BCUT2D eigenvalue weighted by atomic mass is 9.96. The third-order valence-corrected chi connectivity index (χ3v) is 18.6. The topological polar surface area (TPSA) is 307 Å². The minimum absolute atomic E-state index is 0.215. The van der Waals surface area contributed by atoms with E-state index in [1.165, 1.54) is 135 Å². The molecule has 0 aromatic carbocycles. The highest BCUT2D eigenvalue weighted by molar-refractivity contribution is 5.76. The molecule has 0 aliphatic carbocycles. The SMILES string of the molecule is CC/C=C\C/C=C\C/C=C\C/C=C\C/C=C\C/C=C\C/C=C\CCCCCCCC(=O)NC(COC1OC(CO)C(OC2OC(CO)C(OC3OC(CO)C(O)C(O)C3O)C(O)C2O)C(O)C1O)C(O)/C=C/CCCCCCCCCCCCCCCCCCCCCCCCCC. The first-order valence-electron chi connectivity index (χ1n) is 38.5. The van der Waals surface area contributed by atoms with Crippen molar-refractivity contribution in [1.82, 2.24) is 5.32 Å². The highest BCUT2D eigenvalue weighted by Gasteiger charge is 2.53. The largest absolute Gasteiger partial charge is 0.394 e. The molecular formula is C79H137NO18. The number of hydrogen-bond acceptors (Lipinski definition) is 18. The van der Waals surface area contributed by atoms with E-state index >= 15 is 0 Å². The average Bonchev–Trinajstić information content (AvgIpc) is 0.785. The molecule has 3 fully saturated rings. The number of aliphatic hydroxyl groups is 11. The zero-order valence-corrected chi connectivity index (χ0v) is 60.2. The molecule has 12 N–H and O–H groups in total. The van der Waals surface area contributed by atoms with Gasteiger partial charge >= 0.3 is 0 Å². The summed E-state index contributed by atoms with van der Waals surface area (Å²) in [6, 6.07) is -0.993. The van der Waals surface area contributed by atoms with Crippen molar-refractivity contribution in [3.63, 3.8) is 0 Å². The van der Waals surface area contributed by atoms with E-state index in [9.17, 15) is 61.0 Å². The van der Waals surface area contributed by atoms with Crippen LogP contribution in [0, 0.1) is 0 Å². The maximum atomic E-state index is 13.5. The maximum Gasteiger partial charge on any atom is 0.220 e.